The summed E-state index contributed by atoms with van der Waals surface area (Å²) in [6.07, 6.45) is 0.555. The Bertz CT molecular complexity index is 695. The lowest BCUT2D eigenvalue weighted by atomic mass is 10.2. The minimum Gasteiger partial charge on any atom is -0.466 e. The highest BCUT2D eigenvalue weighted by Crippen LogP contribution is 2.23. The number of aromatic nitrogens is 2. The first-order chi connectivity index (χ1) is 10.5. The SMILES string of the molecule is CCOC(=O)CCc1cc(Cl)nc(-c2ccc(Cl)c(F)c2)n1. The lowest BCUT2D eigenvalue weighted by Gasteiger charge is -2.06. The van der Waals surface area contributed by atoms with Crippen molar-refractivity contribution in [3.05, 3.63) is 46.0 Å². The van der Waals surface area contributed by atoms with E-state index in [1.807, 2.05) is 0 Å². The number of hydrogen-bond donors (Lipinski definition) is 0. The number of hydrogen-bond acceptors (Lipinski definition) is 4. The summed E-state index contributed by atoms with van der Waals surface area (Å²) in [7, 11) is 0. The maximum atomic E-state index is 13.5. The minimum absolute atomic E-state index is 0.0216. The molecule has 116 valence electrons. The molecule has 1 aromatic carbocycles. The Morgan fingerprint density at radius 2 is 2.05 bits per heavy atom. The van der Waals surface area contributed by atoms with Crippen molar-refractivity contribution >= 4 is 29.2 Å². The first-order valence-corrected chi connectivity index (χ1v) is 7.39. The second kappa shape index (κ2) is 7.51. The van der Waals surface area contributed by atoms with Crippen molar-refractivity contribution in [3.8, 4) is 11.4 Å². The van der Waals surface area contributed by atoms with E-state index < -0.39 is 5.82 Å². The molecule has 0 saturated carbocycles. The molecule has 22 heavy (non-hydrogen) atoms. The number of nitrogens with zero attached hydrogens (tertiary/aromatic N) is 2. The molecule has 1 heterocycles. The van der Waals surface area contributed by atoms with Gasteiger partial charge in [-0.05, 0) is 31.2 Å². The molecule has 0 N–H and O–H groups in total. The lowest BCUT2D eigenvalue weighted by molar-refractivity contribution is -0.143. The Morgan fingerprint density at radius 1 is 1.27 bits per heavy atom. The third-order valence-corrected chi connectivity index (χ3v) is 3.32. The van der Waals surface area contributed by atoms with E-state index in [0.717, 1.165) is 0 Å². The predicted octanol–water partition coefficient (Wildman–Crippen LogP) is 4.09. The third-order valence-electron chi connectivity index (χ3n) is 2.82. The fourth-order valence-electron chi connectivity index (χ4n) is 1.82. The molecule has 0 bridgehead atoms. The summed E-state index contributed by atoms with van der Waals surface area (Å²) in [6.45, 7) is 2.07. The second-order valence-corrected chi connectivity index (χ2v) is 5.23. The molecular formula is C15H13Cl2FN2O2. The molecule has 7 heteroatoms. The zero-order chi connectivity index (χ0) is 16.1. The second-order valence-electron chi connectivity index (χ2n) is 4.44. The molecule has 0 aliphatic rings. The van der Waals surface area contributed by atoms with Crippen LogP contribution in [0, 0.1) is 5.82 Å². The monoisotopic (exact) mass is 342 g/mol. The van der Waals surface area contributed by atoms with Gasteiger partial charge in [-0.1, -0.05) is 23.2 Å². The molecule has 0 unspecified atom stereocenters. The number of halogens is 3. The van der Waals surface area contributed by atoms with Gasteiger partial charge in [-0.25, -0.2) is 14.4 Å². The van der Waals surface area contributed by atoms with Crippen molar-refractivity contribution in [1.82, 2.24) is 9.97 Å². The van der Waals surface area contributed by atoms with Gasteiger partial charge in [0.05, 0.1) is 18.1 Å². The van der Waals surface area contributed by atoms with E-state index in [-0.39, 0.29) is 28.4 Å². The molecule has 2 rings (SSSR count). The average Bonchev–Trinajstić information content (AvgIpc) is 2.48. The van der Waals surface area contributed by atoms with E-state index >= 15 is 0 Å². The van der Waals surface area contributed by atoms with Gasteiger partial charge in [0, 0.05) is 17.7 Å². The van der Waals surface area contributed by atoms with Gasteiger partial charge in [0.25, 0.3) is 0 Å². The van der Waals surface area contributed by atoms with Crippen molar-refractivity contribution in [1.29, 1.82) is 0 Å². The van der Waals surface area contributed by atoms with Gasteiger partial charge in [0.1, 0.15) is 11.0 Å². The Morgan fingerprint density at radius 3 is 2.73 bits per heavy atom. The molecular weight excluding hydrogens is 330 g/mol. The first kappa shape index (κ1) is 16.6. The van der Waals surface area contributed by atoms with E-state index in [0.29, 0.717) is 24.3 Å². The average molecular weight is 343 g/mol. The summed E-state index contributed by atoms with van der Waals surface area (Å²) in [4.78, 5) is 19.7. The molecule has 0 spiro atoms. The number of ether oxygens (including phenoxy) is 1. The van der Waals surface area contributed by atoms with Gasteiger partial charge in [0.15, 0.2) is 5.82 Å². The van der Waals surface area contributed by atoms with E-state index in [1.165, 1.54) is 12.1 Å². The fraction of sp³-hybridized carbons (Fsp3) is 0.267. The molecule has 4 nitrogen and oxygen atoms in total. The van der Waals surface area contributed by atoms with E-state index in [2.05, 4.69) is 9.97 Å². The van der Waals surface area contributed by atoms with Crippen LogP contribution in [-0.2, 0) is 16.0 Å². The highest BCUT2D eigenvalue weighted by atomic mass is 35.5. The van der Waals surface area contributed by atoms with Crippen molar-refractivity contribution in [2.45, 2.75) is 19.8 Å². The number of carbonyl (C=O) groups is 1. The molecule has 1 aromatic heterocycles. The quantitative estimate of drug-likeness (QED) is 0.606. The molecule has 0 amide bonds. The highest BCUT2D eigenvalue weighted by Gasteiger charge is 2.10. The largest absolute Gasteiger partial charge is 0.466 e. The predicted molar refractivity (Wildman–Crippen MR) is 82.4 cm³/mol. The van der Waals surface area contributed by atoms with Crippen molar-refractivity contribution in [2.75, 3.05) is 6.61 Å². The molecule has 2 aromatic rings. The Labute approximate surface area is 137 Å². The highest BCUT2D eigenvalue weighted by molar-refractivity contribution is 6.30. The lowest BCUT2D eigenvalue weighted by Crippen LogP contribution is -2.06. The topological polar surface area (TPSA) is 52.1 Å². The molecule has 0 fully saturated rings. The number of carbonyl (C=O) groups excluding carboxylic acids is 1. The summed E-state index contributed by atoms with van der Waals surface area (Å²) in [5.74, 6) is -0.589. The smallest absolute Gasteiger partial charge is 0.306 e. The maximum absolute atomic E-state index is 13.5. The Hall–Kier alpha value is -1.72. The van der Waals surface area contributed by atoms with Crippen molar-refractivity contribution in [2.24, 2.45) is 0 Å². The van der Waals surface area contributed by atoms with Crippen molar-refractivity contribution < 1.29 is 13.9 Å². The zero-order valence-corrected chi connectivity index (χ0v) is 13.3. The summed E-state index contributed by atoms with van der Waals surface area (Å²) in [5, 5.41) is 0.243. The van der Waals surface area contributed by atoms with Gasteiger partial charge in [0.2, 0.25) is 0 Å². The van der Waals surface area contributed by atoms with E-state index in [4.69, 9.17) is 27.9 Å². The van der Waals surface area contributed by atoms with Crippen molar-refractivity contribution in [3.63, 3.8) is 0 Å². The van der Waals surface area contributed by atoms with Crippen LogP contribution in [-0.4, -0.2) is 22.5 Å². The van der Waals surface area contributed by atoms with E-state index in [9.17, 15) is 9.18 Å². The molecule has 0 aliphatic carbocycles. The normalized spacial score (nSPS) is 10.5. The number of benzene rings is 1. The molecule has 0 atom stereocenters. The van der Waals surface area contributed by atoms with Gasteiger partial charge in [-0.15, -0.1) is 0 Å². The third kappa shape index (κ3) is 4.39. The Balaban J connectivity index is 2.22. The van der Waals surface area contributed by atoms with E-state index in [1.54, 1.807) is 19.1 Å². The number of aryl methyl sites for hydroxylation is 1. The van der Waals surface area contributed by atoms with Gasteiger partial charge < -0.3 is 4.74 Å². The maximum Gasteiger partial charge on any atom is 0.306 e. The summed E-state index contributed by atoms with van der Waals surface area (Å²) < 4.78 is 18.4. The van der Waals surface area contributed by atoms with Crippen LogP contribution in [0.4, 0.5) is 4.39 Å². The van der Waals surface area contributed by atoms with Crippen LogP contribution in [0.5, 0.6) is 0 Å². The summed E-state index contributed by atoms with van der Waals surface area (Å²) in [5.41, 5.74) is 1.04. The van der Waals surface area contributed by atoms with Gasteiger partial charge in [-0.2, -0.15) is 0 Å². The van der Waals surface area contributed by atoms with Crippen LogP contribution in [0.2, 0.25) is 10.2 Å². The number of esters is 1. The van der Waals surface area contributed by atoms with Crippen LogP contribution in [0.1, 0.15) is 19.0 Å². The van der Waals surface area contributed by atoms with Crippen LogP contribution in [0.25, 0.3) is 11.4 Å². The first-order valence-electron chi connectivity index (χ1n) is 6.64. The van der Waals surface area contributed by atoms with Crippen LogP contribution in [0.3, 0.4) is 0 Å². The minimum atomic E-state index is -0.559. The zero-order valence-electron chi connectivity index (χ0n) is 11.8. The molecule has 0 radical (unpaired) electrons. The Kier molecular flexibility index (Phi) is 5.69. The standard InChI is InChI=1S/C15H13Cl2FN2O2/c1-2-22-14(21)6-4-10-8-13(17)20-15(19-10)9-3-5-11(16)12(18)7-9/h3,5,7-8H,2,4,6H2,1H3. The summed E-state index contributed by atoms with van der Waals surface area (Å²) >= 11 is 11.6. The van der Waals surface area contributed by atoms with Gasteiger partial charge in [-0.3, -0.25) is 4.79 Å². The number of rotatable bonds is 5. The van der Waals surface area contributed by atoms with Crippen LogP contribution in [0.15, 0.2) is 24.3 Å². The van der Waals surface area contributed by atoms with Gasteiger partial charge >= 0.3 is 5.97 Å². The summed E-state index contributed by atoms with van der Waals surface area (Å²) in [6, 6.07) is 5.83. The van der Waals surface area contributed by atoms with Crippen LogP contribution >= 0.6 is 23.2 Å². The molecule has 0 aliphatic heterocycles. The molecule has 0 saturated heterocycles. The fourth-order valence-corrected chi connectivity index (χ4v) is 2.14. The van der Waals surface area contributed by atoms with Crippen LogP contribution < -0.4 is 0 Å².